The van der Waals surface area contributed by atoms with Crippen LogP contribution in [0.2, 0.25) is 0 Å². The summed E-state index contributed by atoms with van der Waals surface area (Å²) < 4.78 is 5.54. The lowest BCUT2D eigenvalue weighted by Crippen LogP contribution is -2.26. The second kappa shape index (κ2) is 8.97. The predicted octanol–water partition coefficient (Wildman–Crippen LogP) is 5.04. The SMILES string of the molecule is Cc1ccc(CO)cc1C=CCNC(=O)OCC1c2ccccc2-c2ccccc21. The van der Waals surface area contributed by atoms with E-state index in [1.54, 1.807) is 0 Å². The summed E-state index contributed by atoms with van der Waals surface area (Å²) >= 11 is 0. The summed E-state index contributed by atoms with van der Waals surface area (Å²) in [5.41, 5.74) is 7.83. The van der Waals surface area contributed by atoms with Crippen molar-refractivity contribution >= 4 is 12.2 Å². The molecule has 3 aromatic rings. The van der Waals surface area contributed by atoms with E-state index in [0.29, 0.717) is 13.2 Å². The average Bonchev–Trinajstić information content (AvgIpc) is 3.10. The van der Waals surface area contributed by atoms with Crippen molar-refractivity contribution in [1.82, 2.24) is 5.32 Å². The lowest BCUT2D eigenvalue weighted by atomic mass is 9.98. The molecule has 4 nitrogen and oxygen atoms in total. The van der Waals surface area contributed by atoms with E-state index in [-0.39, 0.29) is 12.5 Å². The number of ether oxygens (including phenoxy) is 1. The van der Waals surface area contributed by atoms with Gasteiger partial charge in [0, 0.05) is 12.5 Å². The third-order valence-corrected chi connectivity index (χ3v) is 5.53. The Bertz CT molecular complexity index is 1040. The van der Waals surface area contributed by atoms with Crippen molar-refractivity contribution in [2.75, 3.05) is 13.2 Å². The highest BCUT2D eigenvalue weighted by Gasteiger charge is 2.28. The van der Waals surface area contributed by atoms with Crippen molar-refractivity contribution in [1.29, 1.82) is 0 Å². The van der Waals surface area contributed by atoms with Gasteiger partial charge in [-0.1, -0.05) is 72.8 Å². The molecule has 0 unspecified atom stereocenters. The maximum atomic E-state index is 12.2. The van der Waals surface area contributed by atoms with Gasteiger partial charge in [0.25, 0.3) is 0 Å². The Hall–Kier alpha value is -3.37. The molecule has 1 amide bonds. The third-order valence-electron chi connectivity index (χ3n) is 5.53. The van der Waals surface area contributed by atoms with E-state index in [2.05, 4.69) is 29.6 Å². The smallest absolute Gasteiger partial charge is 0.407 e. The fourth-order valence-electron chi connectivity index (χ4n) is 3.95. The van der Waals surface area contributed by atoms with Crippen molar-refractivity contribution in [3.63, 3.8) is 0 Å². The van der Waals surface area contributed by atoms with E-state index in [9.17, 15) is 9.90 Å². The number of nitrogens with one attached hydrogen (secondary N) is 1. The zero-order valence-electron chi connectivity index (χ0n) is 17.0. The molecule has 0 fully saturated rings. The minimum Gasteiger partial charge on any atom is -0.449 e. The maximum absolute atomic E-state index is 12.2. The van der Waals surface area contributed by atoms with Crippen molar-refractivity contribution < 1.29 is 14.6 Å². The van der Waals surface area contributed by atoms with Crippen LogP contribution in [0.25, 0.3) is 17.2 Å². The second-order valence-corrected chi connectivity index (χ2v) is 7.46. The number of benzene rings is 3. The van der Waals surface area contributed by atoms with Crippen LogP contribution in [0.1, 0.15) is 33.7 Å². The Morgan fingerprint density at radius 1 is 1.03 bits per heavy atom. The number of alkyl carbamates (subject to hydrolysis) is 1. The molecule has 0 bridgehead atoms. The number of aryl methyl sites for hydroxylation is 1. The summed E-state index contributed by atoms with van der Waals surface area (Å²) in [6, 6.07) is 22.4. The number of amides is 1. The molecule has 1 aliphatic rings. The topological polar surface area (TPSA) is 58.6 Å². The van der Waals surface area contributed by atoms with Crippen LogP contribution in [0.3, 0.4) is 0 Å². The number of hydrogen-bond donors (Lipinski definition) is 2. The Balaban J connectivity index is 1.34. The van der Waals surface area contributed by atoms with Gasteiger partial charge in [0.05, 0.1) is 6.61 Å². The minimum atomic E-state index is -0.428. The molecule has 0 aliphatic heterocycles. The van der Waals surface area contributed by atoms with E-state index in [1.807, 2.05) is 61.5 Å². The summed E-state index contributed by atoms with van der Waals surface area (Å²) in [6.07, 6.45) is 3.39. The van der Waals surface area contributed by atoms with E-state index < -0.39 is 6.09 Å². The summed E-state index contributed by atoms with van der Waals surface area (Å²) in [5.74, 6) is 0.0579. The highest BCUT2D eigenvalue weighted by Crippen LogP contribution is 2.44. The van der Waals surface area contributed by atoms with Crippen LogP contribution in [0.5, 0.6) is 0 Å². The van der Waals surface area contributed by atoms with Crippen LogP contribution >= 0.6 is 0 Å². The van der Waals surface area contributed by atoms with E-state index in [1.165, 1.54) is 22.3 Å². The summed E-state index contributed by atoms with van der Waals surface area (Å²) in [5, 5.41) is 12.0. The summed E-state index contributed by atoms with van der Waals surface area (Å²) in [7, 11) is 0. The number of hydrogen-bond acceptors (Lipinski definition) is 3. The molecular formula is C26H25NO3. The van der Waals surface area contributed by atoms with E-state index in [4.69, 9.17) is 4.74 Å². The van der Waals surface area contributed by atoms with Crippen LogP contribution in [-0.4, -0.2) is 24.4 Å². The molecule has 4 heteroatoms. The molecular weight excluding hydrogens is 374 g/mol. The monoisotopic (exact) mass is 399 g/mol. The number of aliphatic hydroxyl groups excluding tert-OH is 1. The van der Waals surface area contributed by atoms with Gasteiger partial charge in [-0.3, -0.25) is 0 Å². The van der Waals surface area contributed by atoms with Crippen molar-refractivity contribution in [2.24, 2.45) is 0 Å². The van der Waals surface area contributed by atoms with Gasteiger partial charge in [0.1, 0.15) is 6.61 Å². The molecule has 0 heterocycles. The summed E-state index contributed by atoms with van der Waals surface area (Å²) in [6.45, 7) is 2.71. The van der Waals surface area contributed by atoms with Gasteiger partial charge in [-0.05, 0) is 51.9 Å². The quantitative estimate of drug-likeness (QED) is 0.611. The molecule has 0 atom stereocenters. The van der Waals surface area contributed by atoms with Gasteiger partial charge >= 0.3 is 6.09 Å². The molecule has 152 valence electrons. The summed E-state index contributed by atoms with van der Waals surface area (Å²) in [4.78, 5) is 12.2. The predicted molar refractivity (Wildman–Crippen MR) is 119 cm³/mol. The number of aliphatic hydroxyl groups is 1. The number of carbonyl (C=O) groups is 1. The maximum Gasteiger partial charge on any atom is 0.407 e. The molecule has 0 radical (unpaired) electrons. The first-order valence-corrected chi connectivity index (χ1v) is 10.1. The van der Waals surface area contributed by atoms with Gasteiger partial charge in [-0.2, -0.15) is 0 Å². The van der Waals surface area contributed by atoms with Crippen LogP contribution in [0, 0.1) is 6.92 Å². The molecule has 3 aromatic carbocycles. The molecule has 0 saturated carbocycles. The van der Waals surface area contributed by atoms with Crippen LogP contribution < -0.4 is 5.32 Å². The molecule has 4 rings (SSSR count). The number of rotatable bonds is 6. The van der Waals surface area contributed by atoms with Crippen molar-refractivity contribution in [3.05, 3.63) is 101 Å². The zero-order valence-corrected chi connectivity index (χ0v) is 17.0. The molecule has 1 aliphatic carbocycles. The standard InChI is InChI=1S/C26H25NO3/c1-18-12-13-19(16-28)15-20(18)7-6-14-27-26(29)30-17-25-23-10-4-2-8-21(23)22-9-3-5-11-24(22)25/h2-13,15,25,28H,14,16-17H2,1H3,(H,27,29). The van der Waals surface area contributed by atoms with Crippen LogP contribution in [0.15, 0.2) is 72.8 Å². The van der Waals surface area contributed by atoms with E-state index >= 15 is 0 Å². The largest absolute Gasteiger partial charge is 0.449 e. The first-order valence-electron chi connectivity index (χ1n) is 10.1. The first-order chi connectivity index (χ1) is 14.7. The van der Waals surface area contributed by atoms with Crippen LogP contribution in [0.4, 0.5) is 4.79 Å². The van der Waals surface area contributed by atoms with Crippen molar-refractivity contribution in [3.8, 4) is 11.1 Å². The normalized spacial score (nSPS) is 12.6. The van der Waals surface area contributed by atoms with Gasteiger partial charge in [-0.15, -0.1) is 0 Å². The number of fused-ring (bicyclic) bond motifs is 3. The highest BCUT2D eigenvalue weighted by atomic mass is 16.5. The van der Waals surface area contributed by atoms with Gasteiger partial charge in [0.15, 0.2) is 0 Å². The lowest BCUT2D eigenvalue weighted by molar-refractivity contribution is 0.144. The lowest BCUT2D eigenvalue weighted by Gasteiger charge is -2.14. The first kappa shape index (κ1) is 19.9. The van der Waals surface area contributed by atoms with Crippen molar-refractivity contribution in [2.45, 2.75) is 19.4 Å². The molecule has 0 aromatic heterocycles. The zero-order chi connectivity index (χ0) is 20.9. The fraction of sp³-hybridized carbons (Fsp3) is 0.192. The number of carbonyl (C=O) groups excluding carboxylic acids is 1. The second-order valence-electron chi connectivity index (χ2n) is 7.46. The Kier molecular flexibility index (Phi) is 5.96. The molecule has 0 spiro atoms. The Labute approximate surface area is 176 Å². The van der Waals surface area contributed by atoms with Crippen LogP contribution in [-0.2, 0) is 11.3 Å². The molecule has 2 N–H and O–H groups in total. The fourth-order valence-corrected chi connectivity index (χ4v) is 3.95. The van der Waals surface area contributed by atoms with E-state index in [0.717, 1.165) is 16.7 Å². The van der Waals surface area contributed by atoms with Gasteiger partial charge in [-0.25, -0.2) is 4.79 Å². The third kappa shape index (κ3) is 4.14. The minimum absolute atomic E-state index is 0.0130. The highest BCUT2D eigenvalue weighted by molar-refractivity contribution is 5.79. The van der Waals surface area contributed by atoms with Gasteiger partial charge in [0.2, 0.25) is 0 Å². The Morgan fingerprint density at radius 2 is 1.70 bits per heavy atom. The Morgan fingerprint density at radius 3 is 2.37 bits per heavy atom. The molecule has 30 heavy (non-hydrogen) atoms. The average molecular weight is 399 g/mol. The van der Waals surface area contributed by atoms with Gasteiger partial charge < -0.3 is 15.2 Å². The molecule has 0 saturated heterocycles.